The molecule has 0 aromatic heterocycles. The van der Waals surface area contributed by atoms with Crippen LogP contribution in [-0.2, 0) is 22.3 Å². The van der Waals surface area contributed by atoms with Crippen LogP contribution in [0.25, 0.3) is 22.3 Å². The standard InChI is InChI=1S/2C26H31FN2O3/c2*1-25(2,3)32-24(31)29-10-4-5-16(14-29)21-20(27)12-18(23(28)30)17-11-15-6-7-26(8-9-26)13-19(15)22(17)21/h2*5,12H,4,6-11,13-14H2,1-3H3,(H2,28,30). The zero-order valence-corrected chi connectivity index (χ0v) is 38.3. The lowest BCUT2D eigenvalue weighted by molar-refractivity contribution is 0.0262. The molecule has 2 heterocycles. The van der Waals surface area contributed by atoms with Crippen molar-refractivity contribution in [2.24, 2.45) is 22.3 Å². The average molecular weight is 877 g/mol. The van der Waals surface area contributed by atoms with Gasteiger partial charge in [-0.3, -0.25) is 9.59 Å². The summed E-state index contributed by atoms with van der Waals surface area (Å²) in [6.45, 7) is 12.7. The molecule has 2 aliphatic heterocycles. The van der Waals surface area contributed by atoms with Gasteiger partial charge in [-0.05, 0) is 199 Å². The molecular weight excluding hydrogens is 815 g/mol. The van der Waals surface area contributed by atoms with Gasteiger partial charge in [0.05, 0.1) is 0 Å². The van der Waals surface area contributed by atoms with Crippen molar-refractivity contribution in [2.75, 3.05) is 26.2 Å². The van der Waals surface area contributed by atoms with Gasteiger partial charge < -0.3 is 30.7 Å². The van der Waals surface area contributed by atoms with Gasteiger partial charge in [0.1, 0.15) is 22.8 Å². The van der Waals surface area contributed by atoms with Crippen LogP contribution >= 0.6 is 0 Å². The van der Waals surface area contributed by atoms with Crippen molar-refractivity contribution in [3.05, 3.63) is 91.6 Å². The lowest BCUT2D eigenvalue weighted by Gasteiger charge is -2.31. The van der Waals surface area contributed by atoms with E-state index in [2.05, 4.69) is 0 Å². The molecule has 0 radical (unpaired) electrons. The van der Waals surface area contributed by atoms with Crippen molar-refractivity contribution in [1.82, 2.24) is 9.80 Å². The monoisotopic (exact) mass is 876 g/mol. The number of carbonyl (C=O) groups is 4. The fraction of sp³-hybridized carbons (Fsp3) is 0.538. The van der Waals surface area contributed by atoms with Crippen molar-refractivity contribution in [1.29, 1.82) is 0 Å². The normalized spacial score (nSPS) is 21.2. The Morgan fingerprint density at radius 1 is 0.594 bits per heavy atom. The molecule has 340 valence electrons. The molecule has 64 heavy (non-hydrogen) atoms. The van der Waals surface area contributed by atoms with E-state index in [0.29, 0.717) is 84.9 Å². The van der Waals surface area contributed by atoms with Crippen LogP contribution in [0.2, 0.25) is 0 Å². The number of benzene rings is 2. The van der Waals surface area contributed by atoms with Crippen LogP contribution < -0.4 is 11.5 Å². The fourth-order valence-corrected chi connectivity index (χ4v) is 11.2. The third-order valence-corrected chi connectivity index (χ3v) is 14.7. The number of nitrogens with zero attached hydrogens (tertiary/aromatic N) is 2. The number of carbonyl (C=O) groups excluding carboxylic acids is 4. The van der Waals surface area contributed by atoms with Gasteiger partial charge in [0, 0.05) is 48.4 Å². The second kappa shape index (κ2) is 15.7. The summed E-state index contributed by atoms with van der Waals surface area (Å²) in [6, 6.07) is 2.60. The van der Waals surface area contributed by atoms with Crippen LogP contribution in [0.1, 0.15) is 173 Å². The van der Waals surface area contributed by atoms with Gasteiger partial charge in [-0.1, -0.05) is 23.3 Å². The minimum Gasteiger partial charge on any atom is -0.444 e. The molecule has 2 fully saturated rings. The van der Waals surface area contributed by atoms with Crippen LogP contribution in [0.15, 0.2) is 35.4 Å². The molecule has 0 unspecified atom stereocenters. The molecule has 6 aliphatic carbocycles. The van der Waals surface area contributed by atoms with Gasteiger partial charge in [0.15, 0.2) is 0 Å². The summed E-state index contributed by atoms with van der Waals surface area (Å²) in [5, 5.41) is 0. The van der Waals surface area contributed by atoms with Gasteiger partial charge >= 0.3 is 12.2 Å². The highest BCUT2D eigenvalue weighted by molar-refractivity contribution is 6.01. The number of allylic oxidation sites excluding steroid dienone is 4. The van der Waals surface area contributed by atoms with Gasteiger partial charge in [-0.2, -0.15) is 0 Å². The zero-order valence-electron chi connectivity index (χ0n) is 38.3. The maximum Gasteiger partial charge on any atom is 0.410 e. The first-order valence-corrected chi connectivity index (χ1v) is 23.2. The van der Waals surface area contributed by atoms with Crippen molar-refractivity contribution < 1.29 is 37.4 Å². The molecule has 4 N–H and O–H groups in total. The van der Waals surface area contributed by atoms with E-state index in [-0.39, 0.29) is 12.2 Å². The number of ether oxygens (including phenoxy) is 2. The van der Waals surface area contributed by atoms with E-state index >= 15 is 8.78 Å². The first-order chi connectivity index (χ1) is 30.1. The zero-order chi connectivity index (χ0) is 45.7. The lowest BCUT2D eigenvalue weighted by atomic mass is 9.79. The molecule has 2 spiro atoms. The summed E-state index contributed by atoms with van der Waals surface area (Å²) in [4.78, 5) is 53.0. The minimum atomic E-state index is -0.589. The molecule has 2 aromatic carbocycles. The smallest absolute Gasteiger partial charge is 0.410 e. The maximum absolute atomic E-state index is 15.6. The Labute approximate surface area is 375 Å². The quantitative estimate of drug-likeness (QED) is 0.313. The summed E-state index contributed by atoms with van der Waals surface area (Å²) in [7, 11) is 0. The summed E-state index contributed by atoms with van der Waals surface area (Å²) in [5.41, 5.74) is 22.7. The number of hydrogen-bond donors (Lipinski definition) is 2. The van der Waals surface area contributed by atoms with Gasteiger partial charge in [0.25, 0.3) is 0 Å². The van der Waals surface area contributed by atoms with E-state index in [0.717, 1.165) is 59.1 Å². The second-order valence-corrected chi connectivity index (χ2v) is 21.7. The summed E-state index contributed by atoms with van der Waals surface area (Å²) < 4.78 is 42.3. The average Bonchev–Trinajstić information content (AvgIpc) is 4.09. The molecule has 0 bridgehead atoms. The Balaban J connectivity index is 0.000000162. The third-order valence-electron chi connectivity index (χ3n) is 14.7. The van der Waals surface area contributed by atoms with Crippen molar-refractivity contribution in [2.45, 2.75) is 143 Å². The number of fused-ring (bicyclic) bond motifs is 4. The van der Waals surface area contributed by atoms with Crippen molar-refractivity contribution >= 4 is 46.3 Å². The second-order valence-electron chi connectivity index (χ2n) is 21.7. The molecule has 10 nitrogen and oxygen atoms in total. The first kappa shape index (κ1) is 44.0. The molecule has 2 saturated carbocycles. The Kier molecular flexibility index (Phi) is 10.8. The van der Waals surface area contributed by atoms with Crippen LogP contribution in [0.5, 0.6) is 0 Å². The number of nitrogens with two attached hydrogens (primary N) is 2. The van der Waals surface area contributed by atoms with Gasteiger partial charge in [0.2, 0.25) is 11.8 Å². The van der Waals surface area contributed by atoms with Crippen molar-refractivity contribution in [3.8, 4) is 0 Å². The predicted octanol–water partition coefficient (Wildman–Crippen LogP) is 10.4. The van der Waals surface area contributed by atoms with Crippen LogP contribution in [0, 0.1) is 22.5 Å². The fourth-order valence-electron chi connectivity index (χ4n) is 11.2. The van der Waals surface area contributed by atoms with Crippen LogP contribution in [-0.4, -0.2) is 71.2 Å². The molecule has 2 aromatic rings. The SMILES string of the molecule is CC(C)(C)OC(=O)N1CCC=C(c2c(F)cc(C(N)=O)c3c2C2=C(CCC4(CC4)C2)C3)C1.CC(C)(C)OC(=O)N1CCC=C(c2c(F)cc(C(N)=O)c3c2C2=C(CCC4(CC4)C2)C3)C1. The summed E-state index contributed by atoms with van der Waals surface area (Å²) in [5.74, 6) is -2.03. The molecule has 10 rings (SSSR count). The van der Waals surface area contributed by atoms with E-state index < -0.39 is 34.7 Å². The maximum atomic E-state index is 15.6. The van der Waals surface area contributed by atoms with E-state index in [1.807, 2.05) is 53.7 Å². The minimum absolute atomic E-state index is 0.293. The highest BCUT2D eigenvalue weighted by atomic mass is 19.1. The number of amides is 4. The Bertz CT molecular complexity index is 2350. The van der Waals surface area contributed by atoms with E-state index in [1.54, 1.807) is 9.80 Å². The molecule has 8 aliphatic rings. The van der Waals surface area contributed by atoms with Gasteiger partial charge in [-0.25, -0.2) is 18.4 Å². The van der Waals surface area contributed by atoms with Crippen LogP contribution in [0.4, 0.5) is 18.4 Å². The topological polar surface area (TPSA) is 145 Å². The van der Waals surface area contributed by atoms with Gasteiger partial charge in [-0.15, -0.1) is 0 Å². The highest BCUT2D eigenvalue weighted by Gasteiger charge is 2.49. The predicted molar refractivity (Wildman–Crippen MR) is 243 cm³/mol. The summed E-state index contributed by atoms with van der Waals surface area (Å²) in [6.07, 6.45) is 17.1. The largest absolute Gasteiger partial charge is 0.444 e. The Morgan fingerprint density at radius 2 is 0.969 bits per heavy atom. The Morgan fingerprint density at radius 3 is 1.30 bits per heavy atom. The van der Waals surface area contributed by atoms with Crippen LogP contribution in [0.3, 0.4) is 0 Å². The molecule has 4 amide bonds. The van der Waals surface area contributed by atoms with E-state index in [1.165, 1.54) is 73.0 Å². The van der Waals surface area contributed by atoms with Crippen molar-refractivity contribution in [3.63, 3.8) is 0 Å². The Hall–Kier alpha value is -5.26. The highest BCUT2D eigenvalue weighted by Crippen LogP contribution is 2.63. The first-order valence-electron chi connectivity index (χ1n) is 23.2. The molecule has 12 heteroatoms. The summed E-state index contributed by atoms with van der Waals surface area (Å²) >= 11 is 0. The number of halogens is 2. The molecular formula is C52H62F2N4O6. The third kappa shape index (κ3) is 8.41. The molecule has 0 saturated heterocycles. The number of hydrogen-bond acceptors (Lipinski definition) is 6. The number of primary amides is 2. The van der Waals surface area contributed by atoms with E-state index in [4.69, 9.17) is 20.9 Å². The lowest BCUT2D eigenvalue weighted by Crippen LogP contribution is -2.39. The van der Waals surface area contributed by atoms with E-state index in [9.17, 15) is 19.2 Å². The molecule has 0 atom stereocenters. The number of rotatable bonds is 4.